The number of rotatable bonds is 4. The van der Waals surface area contributed by atoms with Gasteiger partial charge in [-0.05, 0) is 0 Å². The maximum absolute atomic E-state index is 6.19. The van der Waals surface area contributed by atoms with E-state index >= 15 is 0 Å². The standard InChI is InChI=1S/2C16H13S.C3H6.2ClH.Zr/c2*1-10-8-13(12-6-4-3-5-7-12)14-9-11(2)16(17)15(10)14;1-3-2;;;/h2*3-8,14H,1-2H3;1-2H3;2*1H;/q;;;;;+2/p-2. The zero-order valence-electron chi connectivity index (χ0n) is 23.7. The molecule has 0 fully saturated rings. The van der Waals surface area contributed by atoms with Crippen LogP contribution >= 0.6 is 24.4 Å². The molecule has 0 aliphatic heterocycles. The molecule has 4 aliphatic carbocycles. The summed E-state index contributed by atoms with van der Waals surface area (Å²) < 4.78 is 4.89. The minimum atomic E-state index is -2.59. The molecular formula is C35H32Cl2S2Zr. The fourth-order valence-electron chi connectivity index (χ4n) is 6.97. The van der Waals surface area contributed by atoms with Crippen molar-refractivity contribution in [2.24, 2.45) is 11.8 Å². The zero-order valence-corrected chi connectivity index (χ0v) is 29.3. The topological polar surface area (TPSA) is 0 Å². The molecule has 0 saturated carbocycles. The van der Waals surface area contributed by atoms with Crippen molar-refractivity contribution in [2.45, 2.75) is 41.5 Å². The van der Waals surface area contributed by atoms with Crippen molar-refractivity contribution in [3.05, 3.63) is 124 Å². The average Bonchev–Trinajstić information content (AvgIpc) is 3.59. The molecule has 0 N–H and O–H groups in total. The molecule has 0 bridgehead atoms. The summed E-state index contributed by atoms with van der Waals surface area (Å²) in [6.45, 7) is 13.9. The second-order valence-electron chi connectivity index (χ2n) is 11.1. The van der Waals surface area contributed by atoms with Gasteiger partial charge in [0.25, 0.3) is 0 Å². The molecule has 4 aliphatic rings. The van der Waals surface area contributed by atoms with Gasteiger partial charge in [-0.1, -0.05) is 0 Å². The monoisotopic (exact) mass is 676 g/mol. The summed E-state index contributed by atoms with van der Waals surface area (Å²) in [4.78, 5) is 2.17. The van der Waals surface area contributed by atoms with E-state index in [1.165, 1.54) is 55.7 Å². The minimum absolute atomic E-state index is 0. The van der Waals surface area contributed by atoms with E-state index in [0.717, 1.165) is 9.73 Å². The first kappa shape index (κ1) is 31.3. The van der Waals surface area contributed by atoms with Gasteiger partial charge in [0, 0.05) is 0 Å². The van der Waals surface area contributed by atoms with Crippen LogP contribution in [0.1, 0.15) is 52.7 Å². The van der Waals surface area contributed by atoms with Crippen molar-refractivity contribution < 1.29 is 46.1 Å². The third kappa shape index (κ3) is 4.71. The van der Waals surface area contributed by atoms with Crippen LogP contribution in [-0.2, 0) is 21.3 Å². The number of benzene rings is 2. The Morgan fingerprint density at radius 1 is 0.600 bits per heavy atom. The van der Waals surface area contributed by atoms with Crippen LogP contribution in [0.4, 0.5) is 0 Å². The molecule has 2 aromatic rings. The largest absolute Gasteiger partial charge is 1.00 e. The van der Waals surface area contributed by atoms with Gasteiger partial charge in [-0.2, -0.15) is 0 Å². The summed E-state index contributed by atoms with van der Waals surface area (Å²) in [6.07, 6.45) is 4.81. The predicted molar refractivity (Wildman–Crippen MR) is 168 cm³/mol. The first-order valence-electron chi connectivity index (χ1n) is 13.4. The molecule has 202 valence electrons. The fraction of sp³-hybridized carbons (Fsp3) is 0.229. The molecule has 2 atom stereocenters. The van der Waals surface area contributed by atoms with Gasteiger partial charge < -0.3 is 24.8 Å². The summed E-state index contributed by atoms with van der Waals surface area (Å²) in [5.41, 5.74) is 13.6. The smallest absolute Gasteiger partial charge is 1.00 e. The Morgan fingerprint density at radius 2 is 0.950 bits per heavy atom. The molecule has 2 aromatic carbocycles. The molecule has 6 rings (SSSR count). The second-order valence-corrected chi connectivity index (χ2v) is 18.9. The molecule has 5 heteroatoms. The van der Waals surface area contributed by atoms with E-state index < -0.39 is 21.3 Å². The molecule has 0 amide bonds. The van der Waals surface area contributed by atoms with Crippen LogP contribution in [-0.4, -0.2) is 12.9 Å². The summed E-state index contributed by atoms with van der Waals surface area (Å²) in [5, 5.41) is 0. The van der Waals surface area contributed by atoms with Gasteiger partial charge in [0.1, 0.15) is 0 Å². The Hall–Kier alpha value is -1.61. The van der Waals surface area contributed by atoms with Crippen molar-refractivity contribution in [1.29, 1.82) is 0 Å². The Kier molecular flexibility index (Phi) is 9.36. The van der Waals surface area contributed by atoms with Gasteiger partial charge in [-0.3, -0.25) is 0 Å². The molecule has 0 spiro atoms. The number of halogens is 2. The number of hydrogen-bond acceptors (Lipinski definition) is 2. The van der Waals surface area contributed by atoms with Crippen molar-refractivity contribution >= 4 is 48.5 Å². The number of fused-ring (bicyclic) bond motifs is 2. The normalized spacial score (nSPS) is 21.1. The minimum Gasteiger partial charge on any atom is -1.00 e. The predicted octanol–water partition coefficient (Wildman–Crippen LogP) is 3.20. The molecule has 40 heavy (non-hydrogen) atoms. The van der Waals surface area contributed by atoms with Crippen LogP contribution in [0.25, 0.3) is 11.1 Å². The third-order valence-corrected chi connectivity index (χ3v) is 18.0. The maximum atomic E-state index is 6.19. The van der Waals surface area contributed by atoms with Gasteiger partial charge in [0.2, 0.25) is 0 Å². The van der Waals surface area contributed by atoms with E-state index in [0.29, 0.717) is 0 Å². The van der Waals surface area contributed by atoms with E-state index in [1.54, 1.807) is 9.77 Å². The van der Waals surface area contributed by atoms with Gasteiger partial charge >= 0.3 is 247 Å². The van der Waals surface area contributed by atoms with Crippen LogP contribution < -0.4 is 24.8 Å². The number of thiocarbonyl (C=S) groups is 2. The fourth-order valence-corrected chi connectivity index (χ4v) is 16.9. The van der Waals surface area contributed by atoms with Crippen molar-refractivity contribution in [2.75, 3.05) is 0 Å². The van der Waals surface area contributed by atoms with Crippen molar-refractivity contribution in [3.8, 4) is 0 Å². The first-order valence-corrected chi connectivity index (χ1v) is 17.9. The van der Waals surface area contributed by atoms with E-state index in [1.807, 2.05) is 0 Å². The summed E-state index contributed by atoms with van der Waals surface area (Å²) in [6, 6.07) is 21.9. The van der Waals surface area contributed by atoms with Crippen LogP contribution in [0.3, 0.4) is 0 Å². The molecule has 0 heterocycles. The Bertz CT molecular complexity index is 1560. The molecular weight excluding hydrogens is 647 g/mol. The summed E-state index contributed by atoms with van der Waals surface area (Å²) in [5.74, 6) is 0.561. The van der Waals surface area contributed by atoms with E-state index in [4.69, 9.17) is 24.4 Å². The Balaban J connectivity index is 0.00000185. The van der Waals surface area contributed by atoms with Gasteiger partial charge in [0.05, 0.1) is 0 Å². The average molecular weight is 679 g/mol. The van der Waals surface area contributed by atoms with Gasteiger partial charge in [-0.15, -0.1) is 0 Å². The van der Waals surface area contributed by atoms with E-state index in [2.05, 4.69) is 114 Å². The molecule has 2 unspecified atom stereocenters. The first-order chi connectivity index (χ1) is 18.2. The Labute approximate surface area is 269 Å². The second kappa shape index (κ2) is 11.9. The van der Waals surface area contributed by atoms with Crippen LogP contribution in [0.15, 0.2) is 113 Å². The zero-order chi connectivity index (χ0) is 26.9. The van der Waals surface area contributed by atoms with Crippen LogP contribution in [0.2, 0.25) is 0 Å². The molecule has 0 radical (unpaired) electrons. The van der Waals surface area contributed by atoms with Crippen molar-refractivity contribution in [3.63, 3.8) is 0 Å². The van der Waals surface area contributed by atoms with Gasteiger partial charge in [0.15, 0.2) is 0 Å². The number of hydrogen-bond donors (Lipinski definition) is 0. The molecule has 0 saturated heterocycles. The summed E-state index contributed by atoms with van der Waals surface area (Å²) in [7, 11) is 0. The SMILES string of the molecule is CC1=C2C(=S)C(C)=[C]([Zr+2]([C]3=C(C)C(=S)C4=C(C)C=C(c5ccccc5)C43)=[C](C)C)C2C(c2ccccc2)=C1.[Cl-].[Cl-]. The van der Waals surface area contributed by atoms with Gasteiger partial charge in [-0.25, -0.2) is 0 Å². The summed E-state index contributed by atoms with van der Waals surface area (Å²) >= 11 is 9.79. The Morgan fingerprint density at radius 3 is 1.27 bits per heavy atom. The van der Waals surface area contributed by atoms with E-state index in [9.17, 15) is 0 Å². The van der Waals surface area contributed by atoms with Crippen molar-refractivity contribution in [1.82, 2.24) is 0 Å². The molecule has 0 aromatic heterocycles. The quantitative estimate of drug-likeness (QED) is 0.456. The number of allylic oxidation sites excluding steroid dienone is 12. The van der Waals surface area contributed by atoms with E-state index in [-0.39, 0.29) is 36.6 Å². The van der Waals surface area contributed by atoms with Crippen LogP contribution in [0.5, 0.6) is 0 Å². The maximum Gasteiger partial charge on any atom is -1.00 e. The molecule has 0 nitrogen and oxygen atoms in total. The third-order valence-electron chi connectivity index (χ3n) is 8.60. The van der Waals surface area contributed by atoms with Crippen LogP contribution in [0, 0.1) is 11.8 Å².